The Morgan fingerprint density at radius 3 is 2.15 bits per heavy atom. The second-order valence-electron chi connectivity index (χ2n) is 19.4. The van der Waals surface area contributed by atoms with E-state index in [1.807, 2.05) is 68.7 Å². The number of likely N-dealkylation sites (tertiary alicyclic amines) is 1. The molecule has 0 spiro atoms. The number of rotatable bonds is 30. The van der Waals surface area contributed by atoms with E-state index in [-0.39, 0.29) is 77.8 Å². The molecule has 2 aromatic rings. The van der Waals surface area contributed by atoms with Gasteiger partial charge in [-0.1, -0.05) is 83.4 Å². The number of aliphatic hydroxyl groups excluding tert-OH is 1. The van der Waals surface area contributed by atoms with Crippen molar-refractivity contribution in [1.29, 1.82) is 5.26 Å². The zero-order valence-corrected chi connectivity index (χ0v) is 41.7. The minimum atomic E-state index is -0.711. The number of nitriles is 1. The molecule has 1 aliphatic heterocycles. The van der Waals surface area contributed by atoms with Crippen LogP contribution in [-0.4, -0.2) is 94.5 Å². The number of benzene rings is 1. The van der Waals surface area contributed by atoms with Crippen molar-refractivity contribution < 1.29 is 38.4 Å². The summed E-state index contributed by atoms with van der Waals surface area (Å²) in [7, 11) is 1.87. The van der Waals surface area contributed by atoms with Crippen molar-refractivity contribution >= 4 is 52.8 Å². The zero-order valence-electron chi connectivity index (χ0n) is 40.9. The van der Waals surface area contributed by atoms with Gasteiger partial charge in [0, 0.05) is 86.6 Å². The van der Waals surface area contributed by atoms with Crippen molar-refractivity contribution in [2.45, 2.75) is 161 Å². The zero-order chi connectivity index (χ0) is 48.8. The highest BCUT2D eigenvalue weighted by Gasteiger charge is 2.38. The van der Waals surface area contributed by atoms with Gasteiger partial charge in [0.15, 0.2) is 24.7 Å². The van der Waals surface area contributed by atoms with Crippen LogP contribution in [0.4, 0.5) is 5.69 Å². The Morgan fingerprint density at radius 1 is 0.910 bits per heavy atom. The molecule has 1 saturated heterocycles. The SMILES string of the molecule is CSC1CC(=O)N(CCCCCC(=O)N[C@H](C(=O)C[C@@H](C)C(=O)Nc2ccc(C[n+]3ccc(C/C(=C/C#N)CCCCCCCCC(=O)N(C)CC4(CO)CCCC4)cc3)cc2)C(C)C)C1=O. The highest BCUT2D eigenvalue weighted by atomic mass is 32.2. The second-order valence-corrected chi connectivity index (χ2v) is 20.4. The monoisotopic (exact) mass is 942 g/mol. The molecule has 67 heavy (non-hydrogen) atoms. The van der Waals surface area contributed by atoms with E-state index in [9.17, 15) is 39.1 Å². The van der Waals surface area contributed by atoms with Crippen LogP contribution in [0.3, 0.4) is 0 Å². The Labute approximate surface area is 403 Å². The highest BCUT2D eigenvalue weighted by molar-refractivity contribution is 8.00. The first-order chi connectivity index (χ1) is 32.2. The van der Waals surface area contributed by atoms with Gasteiger partial charge in [0.25, 0.3) is 0 Å². The quantitative estimate of drug-likeness (QED) is 0.0304. The van der Waals surface area contributed by atoms with Gasteiger partial charge in [0.05, 0.1) is 24.0 Å². The van der Waals surface area contributed by atoms with Crippen LogP contribution in [0, 0.1) is 28.6 Å². The molecule has 3 atom stereocenters. The lowest BCUT2D eigenvalue weighted by Crippen LogP contribution is -2.45. The average molecular weight is 942 g/mol. The highest BCUT2D eigenvalue weighted by Crippen LogP contribution is 2.38. The number of Topliss-reactive ketones (excluding diaryl/α,β-unsaturated/α-hetero) is 1. The third kappa shape index (κ3) is 18.3. The summed E-state index contributed by atoms with van der Waals surface area (Å²) in [6.07, 6.45) is 22.6. The van der Waals surface area contributed by atoms with Gasteiger partial charge < -0.3 is 20.6 Å². The van der Waals surface area contributed by atoms with Gasteiger partial charge >= 0.3 is 0 Å². The Morgan fingerprint density at radius 2 is 1.54 bits per heavy atom. The fraction of sp³-hybridized carbons (Fsp3) is 0.623. The predicted molar refractivity (Wildman–Crippen MR) is 263 cm³/mol. The molecular formula is C53H77N6O7S+. The molecule has 2 aliphatic rings. The van der Waals surface area contributed by atoms with E-state index in [0.717, 1.165) is 93.7 Å². The van der Waals surface area contributed by atoms with Crippen molar-refractivity contribution in [3.8, 4) is 6.07 Å². The number of aromatic nitrogens is 1. The van der Waals surface area contributed by atoms with Crippen LogP contribution in [0.25, 0.3) is 0 Å². The lowest BCUT2D eigenvalue weighted by molar-refractivity contribution is -0.688. The van der Waals surface area contributed by atoms with Gasteiger partial charge in [-0.25, -0.2) is 4.57 Å². The maximum absolute atomic E-state index is 13.3. The third-order valence-corrected chi connectivity index (χ3v) is 14.4. The molecule has 366 valence electrons. The maximum Gasteiger partial charge on any atom is 0.242 e. The number of unbranched alkanes of at least 4 members (excludes halogenated alkanes) is 7. The summed E-state index contributed by atoms with van der Waals surface area (Å²) in [5.41, 5.74) is 3.84. The summed E-state index contributed by atoms with van der Waals surface area (Å²) in [5.74, 6) is -1.57. The van der Waals surface area contributed by atoms with E-state index in [4.69, 9.17) is 0 Å². The van der Waals surface area contributed by atoms with Crippen molar-refractivity contribution in [3.05, 3.63) is 71.6 Å². The number of allylic oxidation sites excluding steroid dienone is 2. The van der Waals surface area contributed by atoms with E-state index in [2.05, 4.69) is 33.4 Å². The molecule has 2 fully saturated rings. The summed E-state index contributed by atoms with van der Waals surface area (Å²) in [6.45, 7) is 7.25. The molecule has 0 radical (unpaired) electrons. The van der Waals surface area contributed by atoms with Crippen LogP contribution in [0.15, 0.2) is 60.4 Å². The molecule has 1 unspecified atom stereocenters. The summed E-state index contributed by atoms with van der Waals surface area (Å²) in [6, 6.07) is 13.3. The van der Waals surface area contributed by atoms with Gasteiger partial charge in [0.1, 0.15) is 0 Å². The number of carbonyl (C=O) groups is 6. The number of carbonyl (C=O) groups excluding carboxylic acids is 6. The van der Waals surface area contributed by atoms with Gasteiger partial charge in [-0.05, 0) is 81.2 Å². The normalized spacial score (nSPS) is 16.8. The van der Waals surface area contributed by atoms with Gasteiger partial charge in [-0.15, -0.1) is 0 Å². The first-order valence-electron chi connectivity index (χ1n) is 24.7. The Hall–Kier alpha value is -4.87. The number of imide groups is 1. The van der Waals surface area contributed by atoms with Crippen LogP contribution >= 0.6 is 11.8 Å². The molecular weight excluding hydrogens is 865 g/mol. The molecule has 1 aliphatic carbocycles. The number of anilines is 1. The largest absolute Gasteiger partial charge is 0.396 e. The number of aliphatic hydroxyl groups is 1. The summed E-state index contributed by atoms with van der Waals surface area (Å²) < 4.78 is 2.08. The number of hydrogen-bond acceptors (Lipinski definition) is 9. The van der Waals surface area contributed by atoms with Gasteiger partial charge in [0.2, 0.25) is 29.5 Å². The lowest BCUT2D eigenvalue weighted by Gasteiger charge is -2.31. The van der Waals surface area contributed by atoms with Crippen LogP contribution in [0.2, 0.25) is 0 Å². The van der Waals surface area contributed by atoms with Crippen molar-refractivity contribution in [1.82, 2.24) is 15.1 Å². The van der Waals surface area contributed by atoms with E-state index in [1.54, 1.807) is 13.0 Å². The van der Waals surface area contributed by atoms with E-state index in [1.165, 1.54) is 16.7 Å². The lowest BCUT2D eigenvalue weighted by atomic mass is 9.86. The third-order valence-electron chi connectivity index (χ3n) is 13.4. The molecule has 1 aromatic heterocycles. The number of hydrogen-bond donors (Lipinski definition) is 3. The van der Waals surface area contributed by atoms with Crippen molar-refractivity contribution in [3.63, 3.8) is 0 Å². The smallest absolute Gasteiger partial charge is 0.242 e. The van der Waals surface area contributed by atoms with Crippen LogP contribution < -0.4 is 15.2 Å². The van der Waals surface area contributed by atoms with E-state index >= 15 is 0 Å². The average Bonchev–Trinajstić information content (AvgIpc) is 3.89. The fourth-order valence-corrected chi connectivity index (χ4v) is 9.88. The van der Waals surface area contributed by atoms with Crippen molar-refractivity contribution in [2.75, 3.05) is 38.3 Å². The number of nitrogens with zero attached hydrogens (tertiary/aromatic N) is 4. The van der Waals surface area contributed by atoms with Crippen molar-refractivity contribution in [2.24, 2.45) is 17.3 Å². The minimum absolute atomic E-state index is 0.0132. The summed E-state index contributed by atoms with van der Waals surface area (Å²) >= 11 is 1.39. The summed E-state index contributed by atoms with van der Waals surface area (Å²) in [5, 5.41) is 24.8. The number of nitrogens with one attached hydrogen (secondary N) is 2. The molecule has 1 saturated carbocycles. The minimum Gasteiger partial charge on any atom is -0.396 e. The number of ketones is 1. The molecule has 5 amide bonds. The standard InChI is InChI=1S/C53H76N6O7S/c1-39(2)50(56-47(62)18-12-10-16-30-59-49(64)35-46(67-5)52(59)66)45(61)33-40(3)51(65)55-44-22-20-43(21-23-44)36-58-31-25-42(26-32-58)34-41(24-29-54)17-11-8-6-7-9-13-19-48(63)57(4)37-53(38-60)27-14-15-28-53/h20-26,31-32,39-40,46,50,60H,6-19,27-28,30,33-38H2,1-5H3,(H-,55,56,62,65)/p+1/b41-24+/t40-,46?,50+/m1/s1. The molecule has 0 bridgehead atoms. The first kappa shape index (κ1) is 54.7. The molecule has 3 N–H and O–H groups in total. The molecule has 14 heteroatoms. The molecule has 1 aromatic carbocycles. The van der Waals surface area contributed by atoms with Crippen LogP contribution in [-0.2, 0) is 41.7 Å². The summed E-state index contributed by atoms with van der Waals surface area (Å²) in [4.78, 5) is 79.5. The first-order valence-corrected chi connectivity index (χ1v) is 26.0. The Kier molecular flexibility index (Phi) is 23.2. The predicted octanol–water partition coefficient (Wildman–Crippen LogP) is 7.87. The number of amides is 5. The Bertz CT molecular complexity index is 2010. The van der Waals surface area contributed by atoms with Crippen LogP contribution in [0.1, 0.15) is 147 Å². The second kappa shape index (κ2) is 28.5. The molecule has 13 nitrogen and oxygen atoms in total. The number of thioether (sulfide) groups is 1. The van der Waals surface area contributed by atoms with Crippen LogP contribution in [0.5, 0.6) is 0 Å². The maximum atomic E-state index is 13.3. The van der Waals surface area contributed by atoms with Gasteiger partial charge in [-0.3, -0.25) is 33.7 Å². The van der Waals surface area contributed by atoms with E-state index < -0.39 is 12.0 Å². The van der Waals surface area contributed by atoms with Gasteiger partial charge in [-0.2, -0.15) is 17.0 Å². The fourth-order valence-electron chi connectivity index (χ4n) is 9.25. The topological polar surface area (TPSA) is 181 Å². The Balaban J connectivity index is 1.10. The molecule has 2 heterocycles. The number of pyridine rings is 1. The van der Waals surface area contributed by atoms with E-state index in [0.29, 0.717) is 51.0 Å². The molecule has 4 rings (SSSR count).